The van der Waals surface area contributed by atoms with Crippen LogP contribution in [0.3, 0.4) is 0 Å². The third kappa shape index (κ3) is 8.15. The van der Waals surface area contributed by atoms with Gasteiger partial charge in [0.15, 0.2) is 5.96 Å². The lowest BCUT2D eigenvalue weighted by Gasteiger charge is -2.33. The summed E-state index contributed by atoms with van der Waals surface area (Å²) >= 11 is 0. The number of hydrogen-bond acceptors (Lipinski definition) is 5. The normalized spacial score (nSPS) is 16.4. The zero-order valence-electron chi connectivity index (χ0n) is 20.0. The highest BCUT2D eigenvalue weighted by Crippen LogP contribution is 2.19. The van der Waals surface area contributed by atoms with Gasteiger partial charge in [0, 0.05) is 39.1 Å². The van der Waals surface area contributed by atoms with Crippen molar-refractivity contribution in [3.63, 3.8) is 0 Å². The first-order valence-corrected chi connectivity index (χ1v) is 12.2. The third-order valence-electron chi connectivity index (χ3n) is 6.10. The van der Waals surface area contributed by atoms with E-state index in [2.05, 4.69) is 45.8 Å². The van der Waals surface area contributed by atoms with Crippen LogP contribution in [0.15, 0.2) is 11.3 Å². The molecule has 1 atom stereocenters. The van der Waals surface area contributed by atoms with E-state index in [1.54, 1.807) is 6.33 Å². The van der Waals surface area contributed by atoms with E-state index in [1.165, 1.54) is 19.3 Å². The molecular formula is C23H42N6O2. The Bertz CT molecular complexity index is 667. The first-order valence-electron chi connectivity index (χ1n) is 12.2. The molecule has 31 heavy (non-hydrogen) atoms. The number of unbranched alkanes of at least 4 members (excludes halogenated alkanes) is 1. The van der Waals surface area contributed by atoms with Gasteiger partial charge >= 0.3 is 5.97 Å². The van der Waals surface area contributed by atoms with E-state index in [4.69, 9.17) is 9.73 Å². The topological polar surface area (TPSA) is 84.6 Å². The Labute approximate surface area is 187 Å². The van der Waals surface area contributed by atoms with Gasteiger partial charge in [-0.1, -0.05) is 40.0 Å². The highest BCUT2D eigenvalue weighted by molar-refractivity contribution is 5.80. The van der Waals surface area contributed by atoms with Gasteiger partial charge in [-0.05, 0) is 32.1 Å². The SMILES string of the molecule is CCCCC(CC)CN=C(NCCn1cnnc1CC)N1CCC(C(=O)OCC)CC1. The number of aliphatic imine (C=N–C) groups is 1. The molecule has 1 aliphatic rings. The van der Waals surface area contributed by atoms with E-state index in [0.29, 0.717) is 12.5 Å². The highest BCUT2D eigenvalue weighted by atomic mass is 16.5. The summed E-state index contributed by atoms with van der Waals surface area (Å²) in [6.45, 7) is 13.0. The molecule has 1 fully saturated rings. The van der Waals surface area contributed by atoms with Gasteiger partial charge in [-0.3, -0.25) is 9.79 Å². The summed E-state index contributed by atoms with van der Waals surface area (Å²) in [5.74, 6) is 2.54. The summed E-state index contributed by atoms with van der Waals surface area (Å²) in [6, 6.07) is 0. The van der Waals surface area contributed by atoms with Crippen molar-refractivity contribution >= 4 is 11.9 Å². The summed E-state index contributed by atoms with van der Waals surface area (Å²) in [5.41, 5.74) is 0. The van der Waals surface area contributed by atoms with Crippen molar-refractivity contribution in [2.45, 2.75) is 79.2 Å². The number of likely N-dealkylation sites (tertiary alicyclic amines) is 1. The number of nitrogens with zero attached hydrogens (tertiary/aromatic N) is 5. The molecule has 1 saturated heterocycles. The largest absolute Gasteiger partial charge is 0.466 e. The molecule has 176 valence electrons. The maximum atomic E-state index is 12.1. The Morgan fingerprint density at radius 2 is 2.06 bits per heavy atom. The van der Waals surface area contributed by atoms with Crippen molar-refractivity contribution in [2.24, 2.45) is 16.8 Å². The molecular weight excluding hydrogens is 392 g/mol. The fraction of sp³-hybridized carbons (Fsp3) is 0.826. The standard InChI is InChI=1S/C23H42N6O2/c1-5-9-10-19(6-2)17-25-23(24-13-16-29-18-26-27-21(29)7-3)28-14-11-20(12-15-28)22(30)31-8-4/h18-20H,5-17H2,1-4H3,(H,24,25). The van der Waals surface area contributed by atoms with Gasteiger partial charge in [-0.15, -0.1) is 10.2 Å². The summed E-state index contributed by atoms with van der Waals surface area (Å²) in [6.07, 6.45) is 9.17. The molecule has 2 heterocycles. The first-order chi connectivity index (χ1) is 15.1. The van der Waals surface area contributed by atoms with E-state index >= 15 is 0 Å². The molecule has 1 N–H and O–H groups in total. The Morgan fingerprint density at radius 3 is 2.71 bits per heavy atom. The minimum Gasteiger partial charge on any atom is -0.466 e. The fourth-order valence-electron chi connectivity index (χ4n) is 4.02. The molecule has 0 spiro atoms. The van der Waals surface area contributed by atoms with Crippen molar-refractivity contribution < 1.29 is 9.53 Å². The average Bonchev–Trinajstić information content (AvgIpc) is 3.25. The van der Waals surface area contributed by atoms with E-state index in [1.807, 2.05) is 6.92 Å². The second kappa shape index (κ2) is 14.0. The fourth-order valence-corrected chi connectivity index (χ4v) is 4.02. The number of nitrogens with one attached hydrogen (secondary N) is 1. The van der Waals surface area contributed by atoms with Crippen LogP contribution in [0.2, 0.25) is 0 Å². The van der Waals surface area contributed by atoms with Gasteiger partial charge in [0.1, 0.15) is 12.2 Å². The van der Waals surface area contributed by atoms with Crippen molar-refractivity contribution in [3.05, 3.63) is 12.2 Å². The van der Waals surface area contributed by atoms with Gasteiger partial charge in [0.25, 0.3) is 0 Å². The summed E-state index contributed by atoms with van der Waals surface area (Å²) in [5, 5.41) is 11.7. The third-order valence-corrected chi connectivity index (χ3v) is 6.10. The molecule has 0 aromatic carbocycles. The highest BCUT2D eigenvalue weighted by Gasteiger charge is 2.27. The van der Waals surface area contributed by atoms with Crippen molar-refractivity contribution in [3.8, 4) is 0 Å². The smallest absolute Gasteiger partial charge is 0.309 e. The monoisotopic (exact) mass is 434 g/mol. The second-order valence-electron chi connectivity index (χ2n) is 8.32. The zero-order valence-corrected chi connectivity index (χ0v) is 20.0. The van der Waals surface area contributed by atoms with Crippen LogP contribution < -0.4 is 5.32 Å². The van der Waals surface area contributed by atoms with E-state index in [0.717, 1.165) is 70.2 Å². The number of guanidine groups is 1. The van der Waals surface area contributed by atoms with Gasteiger partial charge in [-0.2, -0.15) is 0 Å². The number of ether oxygens (including phenoxy) is 1. The van der Waals surface area contributed by atoms with E-state index in [9.17, 15) is 4.79 Å². The maximum absolute atomic E-state index is 12.1. The summed E-state index contributed by atoms with van der Waals surface area (Å²) in [4.78, 5) is 19.4. The Kier molecular flexibility index (Phi) is 11.4. The molecule has 8 heteroatoms. The van der Waals surface area contributed by atoms with Gasteiger partial charge in [0.2, 0.25) is 0 Å². The van der Waals surface area contributed by atoms with Crippen LogP contribution in [0.5, 0.6) is 0 Å². The Morgan fingerprint density at radius 1 is 1.29 bits per heavy atom. The van der Waals surface area contributed by atoms with Crippen LogP contribution in [0.25, 0.3) is 0 Å². The molecule has 0 amide bonds. The quantitative estimate of drug-likeness (QED) is 0.309. The number of aryl methyl sites for hydroxylation is 1. The maximum Gasteiger partial charge on any atom is 0.309 e. The van der Waals surface area contributed by atoms with Crippen LogP contribution in [-0.4, -0.2) is 64.4 Å². The van der Waals surface area contributed by atoms with Gasteiger partial charge < -0.3 is 19.5 Å². The van der Waals surface area contributed by atoms with Crippen LogP contribution in [-0.2, 0) is 22.5 Å². The zero-order chi connectivity index (χ0) is 22.5. The average molecular weight is 435 g/mol. The van der Waals surface area contributed by atoms with Crippen LogP contribution >= 0.6 is 0 Å². The summed E-state index contributed by atoms with van der Waals surface area (Å²) < 4.78 is 7.31. The molecule has 1 aromatic rings. The minimum atomic E-state index is -0.0566. The molecule has 0 bridgehead atoms. The lowest BCUT2D eigenvalue weighted by molar-refractivity contribution is -0.149. The lowest BCUT2D eigenvalue weighted by Crippen LogP contribution is -2.47. The number of carbonyl (C=O) groups excluding carboxylic acids is 1. The second-order valence-corrected chi connectivity index (χ2v) is 8.32. The number of esters is 1. The van der Waals surface area contributed by atoms with Gasteiger partial charge in [-0.25, -0.2) is 0 Å². The first kappa shape index (κ1) is 25.1. The number of hydrogen-bond donors (Lipinski definition) is 1. The molecule has 2 rings (SSSR count). The van der Waals surface area contributed by atoms with E-state index < -0.39 is 0 Å². The molecule has 0 aliphatic carbocycles. The Balaban J connectivity index is 1.98. The number of aromatic nitrogens is 3. The number of rotatable bonds is 12. The summed E-state index contributed by atoms with van der Waals surface area (Å²) in [7, 11) is 0. The molecule has 1 unspecified atom stereocenters. The molecule has 0 radical (unpaired) electrons. The van der Waals surface area contributed by atoms with E-state index in [-0.39, 0.29) is 11.9 Å². The lowest BCUT2D eigenvalue weighted by atomic mass is 9.97. The van der Waals surface area contributed by atoms with Gasteiger partial charge in [0.05, 0.1) is 12.5 Å². The predicted molar refractivity (Wildman–Crippen MR) is 124 cm³/mol. The van der Waals surface area contributed by atoms with Crippen LogP contribution in [0.4, 0.5) is 0 Å². The molecule has 0 saturated carbocycles. The predicted octanol–water partition coefficient (Wildman–Crippen LogP) is 3.28. The molecule has 8 nitrogen and oxygen atoms in total. The molecule has 1 aliphatic heterocycles. The van der Waals surface area contributed by atoms with Crippen LogP contribution in [0, 0.1) is 11.8 Å². The van der Waals surface area contributed by atoms with Crippen molar-refractivity contribution in [1.29, 1.82) is 0 Å². The van der Waals surface area contributed by atoms with Crippen LogP contribution in [0.1, 0.15) is 72.0 Å². The minimum absolute atomic E-state index is 0.00882. The Hall–Kier alpha value is -2.12. The number of carbonyl (C=O) groups is 1. The van der Waals surface area contributed by atoms with Crippen molar-refractivity contribution in [1.82, 2.24) is 25.0 Å². The number of piperidine rings is 1. The van der Waals surface area contributed by atoms with Crippen molar-refractivity contribution in [2.75, 3.05) is 32.8 Å². The molecule has 1 aromatic heterocycles.